The first kappa shape index (κ1) is 19.1. The normalized spacial score (nSPS) is 25.2. The molecule has 5 nitrogen and oxygen atoms in total. The quantitative estimate of drug-likeness (QED) is 0.680. The molecule has 140 valence electrons. The number of hydrogen-bond acceptors (Lipinski definition) is 4. The van der Waals surface area contributed by atoms with Crippen molar-refractivity contribution in [2.75, 3.05) is 19.8 Å². The third kappa shape index (κ3) is 3.86. The molecule has 2 unspecified atom stereocenters. The highest BCUT2D eigenvalue weighted by Crippen LogP contribution is 2.44. The number of rotatable bonds is 7. The van der Waals surface area contributed by atoms with Gasteiger partial charge in [0.2, 0.25) is 0 Å². The van der Waals surface area contributed by atoms with Crippen LogP contribution in [-0.2, 0) is 15.1 Å². The van der Waals surface area contributed by atoms with Crippen LogP contribution in [0.2, 0.25) is 5.02 Å². The number of carbonyl (C=O) groups is 1. The number of hydrogen-bond donors (Lipinski definition) is 3. The van der Waals surface area contributed by atoms with Gasteiger partial charge in [-0.1, -0.05) is 29.8 Å². The molecule has 1 aromatic rings. The standard InChI is InChI=1S/C20H24ClNO4/c21-16-6-3-5-15(12-16)20(26-13-18(24)25)9-8-14-4-1-2-7-17(14)19(20)22-10-11-23/h3,5-6,8-9,12,19,22-23H,1-2,4,7,10-11,13H2,(H,24,25). The lowest BCUT2D eigenvalue weighted by atomic mass is 9.72. The Kier molecular flexibility index (Phi) is 6.14. The van der Waals surface area contributed by atoms with Crippen molar-refractivity contribution in [3.05, 3.63) is 58.1 Å². The largest absolute Gasteiger partial charge is 0.480 e. The van der Waals surface area contributed by atoms with E-state index < -0.39 is 18.2 Å². The number of aliphatic hydroxyl groups is 1. The first-order valence-corrected chi connectivity index (χ1v) is 9.32. The summed E-state index contributed by atoms with van der Waals surface area (Å²) in [6.45, 7) is -0.0296. The summed E-state index contributed by atoms with van der Waals surface area (Å²) in [5.74, 6) is -1.02. The van der Waals surface area contributed by atoms with Gasteiger partial charge in [0.15, 0.2) is 0 Å². The molecule has 0 amide bonds. The molecule has 3 N–H and O–H groups in total. The molecule has 3 rings (SSSR count). The summed E-state index contributed by atoms with van der Waals surface area (Å²) in [7, 11) is 0. The summed E-state index contributed by atoms with van der Waals surface area (Å²) in [6.07, 6.45) is 8.19. The number of ether oxygens (including phenoxy) is 1. The summed E-state index contributed by atoms with van der Waals surface area (Å²) < 4.78 is 6.01. The van der Waals surface area contributed by atoms with Gasteiger partial charge in [0, 0.05) is 11.6 Å². The van der Waals surface area contributed by atoms with Crippen LogP contribution in [0.1, 0.15) is 31.2 Å². The number of allylic oxidation sites excluding steroid dienone is 2. The minimum Gasteiger partial charge on any atom is -0.480 e. The van der Waals surface area contributed by atoms with Crippen LogP contribution in [0, 0.1) is 0 Å². The van der Waals surface area contributed by atoms with E-state index in [2.05, 4.69) is 11.4 Å². The van der Waals surface area contributed by atoms with E-state index in [0.29, 0.717) is 11.6 Å². The third-order valence-electron chi connectivity index (χ3n) is 5.03. The number of halogens is 1. The number of nitrogens with one attached hydrogen (secondary N) is 1. The first-order chi connectivity index (χ1) is 12.6. The van der Waals surface area contributed by atoms with Gasteiger partial charge in [-0.05, 0) is 60.6 Å². The third-order valence-corrected chi connectivity index (χ3v) is 5.27. The maximum Gasteiger partial charge on any atom is 0.329 e. The summed E-state index contributed by atoms with van der Waals surface area (Å²) in [5, 5.41) is 22.5. The molecule has 0 bridgehead atoms. The minimum atomic E-state index is -1.02. The Hall–Kier alpha value is -1.66. The Balaban J connectivity index is 2.08. The maximum absolute atomic E-state index is 11.2. The Morgan fingerprint density at radius 2 is 2.15 bits per heavy atom. The van der Waals surface area contributed by atoms with Crippen LogP contribution in [-0.4, -0.2) is 42.0 Å². The number of carboxylic acid groups (broad SMARTS) is 1. The lowest BCUT2D eigenvalue weighted by Gasteiger charge is -2.44. The van der Waals surface area contributed by atoms with Crippen LogP contribution in [0.3, 0.4) is 0 Å². The van der Waals surface area contributed by atoms with E-state index in [9.17, 15) is 15.0 Å². The molecule has 0 aromatic heterocycles. The molecule has 1 aromatic carbocycles. The summed E-state index contributed by atoms with van der Waals surface area (Å²) in [6, 6.07) is 7.10. The molecule has 0 fully saturated rings. The second-order valence-corrected chi connectivity index (χ2v) is 7.12. The SMILES string of the molecule is O=C(O)COC1(c2cccc(Cl)c2)C=CC2=C(CCCC2)C1NCCO. The van der Waals surface area contributed by atoms with Crippen LogP contribution in [0.5, 0.6) is 0 Å². The Bertz CT molecular complexity index is 730. The molecule has 0 radical (unpaired) electrons. The molecule has 0 saturated carbocycles. The second kappa shape index (κ2) is 8.35. The van der Waals surface area contributed by atoms with Gasteiger partial charge >= 0.3 is 5.97 Å². The Morgan fingerprint density at radius 3 is 2.88 bits per heavy atom. The van der Waals surface area contributed by atoms with Crippen LogP contribution < -0.4 is 5.32 Å². The fraction of sp³-hybridized carbons (Fsp3) is 0.450. The number of carboxylic acids is 1. The predicted molar refractivity (Wildman–Crippen MR) is 100 cm³/mol. The molecule has 2 aliphatic rings. The van der Waals surface area contributed by atoms with Gasteiger partial charge in [-0.15, -0.1) is 0 Å². The van der Waals surface area contributed by atoms with Gasteiger partial charge in [0.05, 0.1) is 12.6 Å². The smallest absolute Gasteiger partial charge is 0.329 e. The zero-order chi connectivity index (χ0) is 18.6. The highest BCUT2D eigenvalue weighted by atomic mass is 35.5. The first-order valence-electron chi connectivity index (χ1n) is 8.94. The van der Waals surface area contributed by atoms with Crippen LogP contribution >= 0.6 is 11.6 Å². The summed E-state index contributed by atoms with van der Waals surface area (Å²) >= 11 is 6.21. The average molecular weight is 378 g/mol. The van der Waals surface area contributed by atoms with E-state index in [1.54, 1.807) is 6.07 Å². The van der Waals surface area contributed by atoms with Crippen molar-refractivity contribution in [2.45, 2.75) is 37.3 Å². The Morgan fingerprint density at radius 1 is 1.35 bits per heavy atom. The predicted octanol–water partition coefficient (Wildman–Crippen LogP) is 3.03. The fourth-order valence-electron chi connectivity index (χ4n) is 3.93. The lowest BCUT2D eigenvalue weighted by Crippen LogP contribution is -2.53. The van der Waals surface area contributed by atoms with Crippen LogP contribution in [0.4, 0.5) is 0 Å². The van der Waals surface area contributed by atoms with Crippen molar-refractivity contribution < 1.29 is 19.7 Å². The molecule has 0 aliphatic heterocycles. The zero-order valence-electron chi connectivity index (χ0n) is 14.6. The molecule has 2 atom stereocenters. The van der Waals surface area contributed by atoms with Crippen molar-refractivity contribution in [2.24, 2.45) is 0 Å². The van der Waals surface area contributed by atoms with Crippen molar-refractivity contribution in [3.8, 4) is 0 Å². The van der Waals surface area contributed by atoms with Gasteiger partial charge in [-0.25, -0.2) is 4.79 Å². The molecule has 0 heterocycles. The molecular weight excluding hydrogens is 354 g/mol. The lowest BCUT2D eigenvalue weighted by molar-refractivity contribution is -0.149. The van der Waals surface area contributed by atoms with Gasteiger partial charge in [-0.3, -0.25) is 0 Å². The van der Waals surface area contributed by atoms with Gasteiger partial charge in [0.1, 0.15) is 12.2 Å². The number of aliphatic carboxylic acids is 1. The second-order valence-electron chi connectivity index (χ2n) is 6.69. The number of benzene rings is 1. The Labute approximate surface area is 158 Å². The van der Waals surface area contributed by atoms with Crippen LogP contribution in [0.25, 0.3) is 0 Å². The van der Waals surface area contributed by atoms with E-state index in [1.807, 2.05) is 24.3 Å². The minimum absolute atomic E-state index is 0.00656. The van der Waals surface area contributed by atoms with Crippen molar-refractivity contribution in [3.63, 3.8) is 0 Å². The highest BCUT2D eigenvalue weighted by molar-refractivity contribution is 6.30. The van der Waals surface area contributed by atoms with E-state index in [-0.39, 0.29) is 12.6 Å². The molecule has 6 heteroatoms. The summed E-state index contributed by atoms with van der Waals surface area (Å²) in [5.41, 5.74) is 2.34. The topological polar surface area (TPSA) is 78.8 Å². The van der Waals surface area contributed by atoms with E-state index in [1.165, 1.54) is 11.1 Å². The fourth-order valence-corrected chi connectivity index (χ4v) is 4.12. The van der Waals surface area contributed by atoms with Gasteiger partial charge in [0.25, 0.3) is 0 Å². The molecule has 2 aliphatic carbocycles. The highest BCUT2D eigenvalue weighted by Gasteiger charge is 2.44. The van der Waals surface area contributed by atoms with E-state index >= 15 is 0 Å². The van der Waals surface area contributed by atoms with Gasteiger partial charge in [-0.2, -0.15) is 0 Å². The monoisotopic (exact) mass is 377 g/mol. The maximum atomic E-state index is 11.2. The molecule has 0 saturated heterocycles. The van der Waals surface area contributed by atoms with Gasteiger partial charge < -0.3 is 20.3 Å². The average Bonchev–Trinajstić information content (AvgIpc) is 2.65. The van der Waals surface area contributed by atoms with Crippen molar-refractivity contribution >= 4 is 17.6 Å². The molecule has 26 heavy (non-hydrogen) atoms. The molecule has 0 spiro atoms. The van der Waals surface area contributed by atoms with Crippen molar-refractivity contribution in [1.29, 1.82) is 0 Å². The van der Waals surface area contributed by atoms with E-state index in [0.717, 1.165) is 31.2 Å². The van der Waals surface area contributed by atoms with Crippen LogP contribution in [0.15, 0.2) is 47.6 Å². The zero-order valence-corrected chi connectivity index (χ0v) is 15.3. The van der Waals surface area contributed by atoms with Crippen molar-refractivity contribution in [1.82, 2.24) is 5.32 Å². The van der Waals surface area contributed by atoms with E-state index in [4.69, 9.17) is 16.3 Å². The number of aliphatic hydroxyl groups excluding tert-OH is 1. The molecular formula is C20H24ClNO4. The summed E-state index contributed by atoms with van der Waals surface area (Å²) in [4.78, 5) is 11.2.